The molecule has 0 bridgehead atoms. The van der Waals surface area contributed by atoms with Crippen LogP contribution in [0.25, 0.3) is 144 Å². The number of aromatic nitrogens is 2. The molecule has 2 aromatic heterocycles. The fourth-order valence-electron chi connectivity index (χ4n) is 20.6. The predicted molar refractivity (Wildman–Crippen MR) is 472 cm³/mol. The van der Waals surface area contributed by atoms with Gasteiger partial charge in [0.05, 0.1) is 16.4 Å². The Morgan fingerprint density at radius 3 is 0.973 bits per heavy atom. The molecular formula is C105H72B2N2S2. The molecule has 0 saturated carbocycles. The Morgan fingerprint density at radius 1 is 0.252 bits per heavy atom. The summed E-state index contributed by atoms with van der Waals surface area (Å²) in [5.74, 6) is 0. The third-order valence-electron chi connectivity index (χ3n) is 25.7. The Bertz CT molecular complexity index is 6690. The largest absolute Gasteiger partial charge is 0.310 e. The molecule has 0 radical (unpaired) electrons. The van der Waals surface area contributed by atoms with E-state index in [1.807, 2.05) is 23.5 Å². The molecule has 6 heteroatoms. The Labute approximate surface area is 656 Å². The number of nitrogens with zero attached hydrogens (tertiary/aromatic N) is 2. The fourth-order valence-corrected chi connectivity index (χ4v) is 23.0. The second-order valence-electron chi connectivity index (χ2n) is 33.8. The molecule has 0 atom stereocenters. The van der Waals surface area contributed by atoms with E-state index in [0.29, 0.717) is 0 Å². The van der Waals surface area contributed by atoms with Crippen molar-refractivity contribution in [1.29, 1.82) is 0 Å². The summed E-state index contributed by atoms with van der Waals surface area (Å²) in [4.78, 5) is 5.25. The highest BCUT2D eigenvalue weighted by Crippen LogP contribution is 2.64. The first-order valence-corrected chi connectivity index (χ1v) is 40.9. The van der Waals surface area contributed by atoms with Gasteiger partial charge in [0.2, 0.25) is 13.4 Å². The number of hydrogen-bond donors (Lipinski definition) is 0. The Morgan fingerprint density at radius 2 is 0.586 bits per heavy atom. The van der Waals surface area contributed by atoms with Gasteiger partial charge in [-0.3, -0.25) is 0 Å². The van der Waals surface area contributed by atoms with Crippen molar-refractivity contribution < 1.29 is 0 Å². The molecule has 0 amide bonds. The molecule has 0 N–H and O–H groups in total. The Hall–Kier alpha value is -12.1. The van der Waals surface area contributed by atoms with Crippen molar-refractivity contribution in [2.75, 3.05) is 0 Å². The molecule has 2 nitrogen and oxygen atoms in total. The highest BCUT2D eigenvalue weighted by molar-refractivity contribution is 8.00. The van der Waals surface area contributed by atoms with E-state index in [-0.39, 0.29) is 24.3 Å². The average molecular weight is 1450 g/mol. The number of rotatable bonds is 6. The molecule has 4 aliphatic heterocycles. The van der Waals surface area contributed by atoms with Crippen molar-refractivity contribution in [3.8, 4) is 100 Å². The second-order valence-corrected chi connectivity index (χ2v) is 35.9. The molecule has 111 heavy (non-hydrogen) atoms. The van der Waals surface area contributed by atoms with Gasteiger partial charge in [-0.1, -0.05) is 331 Å². The van der Waals surface area contributed by atoms with Crippen LogP contribution in [0.15, 0.2) is 347 Å². The van der Waals surface area contributed by atoms with Gasteiger partial charge in [-0.15, -0.1) is 0 Å². The van der Waals surface area contributed by atoms with Crippen molar-refractivity contribution in [1.82, 2.24) is 9.13 Å². The number of hydrogen-bond acceptors (Lipinski definition) is 2. The lowest BCUT2D eigenvalue weighted by atomic mass is 9.35. The lowest BCUT2D eigenvalue weighted by Crippen LogP contribution is -2.59. The lowest BCUT2D eigenvalue weighted by molar-refractivity contribution is 0.590. The molecule has 6 heterocycles. The van der Waals surface area contributed by atoms with Crippen LogP contribution < -0.4 is 32.8 Å². The van der Waals surface area contributed by atoms with Crippen LogP contribution in [0.3, 0.4) is 0 Å². The van der Waals surface area contributed by atoms with Crippen molar-refractivity contribution >= 4 is 113 Å². The molecule has 16 aromatic carbocycles. The Kier molecular flexibility index (Phi) is 13.2. The van der Waals surface area contributed by atoms with Gasteiger partial charge in [0.1, 0.15) is 0 Å². The van der Waals surface area contributed by atoms with Crippen molar-refractivity contribution in [3.63, 3.8) is 0 Å². The van der Waals surface area contributed by atoms with Crippen LogP contribution in [-0.4, -0.2) is 22.6 Å². The third kappa shape index (κ3) is 9.03. The number of fused-ring (bicyclic) bond motifs is 24. The SMILES string of the molecule is CC(C)(C)c1ccc(-c2cc3c4c(c2)-n2c5ccc(-c6ccccc6)cc5c5cc(-c6ccccc6)cc(c52)B4c2cc4c(cc2S3)C2(c3ccccc3-4)c3ccccc3-c3cc4c(cc32)Sc2cc(-c3ccc(C(C)(C)C)cc3)cc3c2B4c2cc(-c4ccccc4)cc4c5cc(-c6ccccc6)ccc5n-3c24)cc1. The summed E-state index contributed by atoms with van der Waals surface area (Å²) in [5.41, 5.74) is 43.2. The first kappa shape index (κ1) is 63.8. The first-order valence-electron chi connectivity index (χ1n) is 39.2. The molecule has 0 fully saturated rings. The molecule has 24 rings (SSSR count). The standard InChI is InChI=1S/C105H72B2N2S2/c1-103(2,3)73-41-35-65(36-42-73)71-53-93-99-97(55-71)110-95-59-85-77(57-87(95)106(99)89-51-69(63-27-15-9-16-28-63)49-81-79-47-67(61-23-11-7-12-24-61)39-45-91(79)108(93)101(81)89)75-31-19-21-33-83(75)105(85)84-34-22-20-32-76(84)78-58-88-96(60-86(78)105)111-98-56-72(66-37-43-74(44-38-66)104(4,5)6)54-94-100(98)107(88)90-52-70(64-29-17-10-18-30-64)50-82-80-48-68(62-25-13-8-14-26-62)40-46-92(80)109(94)102(82)90/h7-60H,1-6H3. The van der Waals surface area contributed by atoms with Crippen molar-refractivity contribution in [3.05, 3.63) is 361 Å². The van der Waals surface area contributed by atoms with E-state index in [0.717, 1.165) is 0 Å². The topological polar surface area (TPSA) is 9.86 Å². The molecule has 0 saturated heterocycles. The third-order valence-corrected chi connectivity index (χ3v) is 28.0. The maximum absolute atomic E-state index is 2.70. The van der Waals surface area contributed by atoms with Crippen LogP contribution in [0, 0.1) is 0 Å². The molecule has 520 valence electrons. The number of benzene rings is 16. The van der Waals surface area contributed by atoms with E-state index in [4.69, 9.17) is 0 Å². The fraction of sp³-hybridized carbons (Fsp3) is 0.0857. The van der Waals surface area contributed by atoms with Crippen LogP contribution in [0.2, 0.25) is 0 Å². The smallest absolute Gasteiger partial charge is 0.249 e. The van der Waals surface area contributed by atoms with Crippen LogP contribution in [0.1, 0.15) is 74.9 Å². The lowest BCUT2D eigenvalue weighted by Gasteiger charge is -2.36. The summed E-state index contributed by atoms with van der Waals surface area (Å²) in [6.45, 7) is 13.8. The molecule has 0 unspecified atom stereocenters. The summed E-state index contributed by atoms with van der Waals surface area (Å²) < 4.78 is 5.31. The second kappa shape index (κ2) is 23.0. The van der Waals surface area contributed by atoms with E-state index >= 15 is 0 Å². The van der Waals surface area contributed by atoms with E-state index in [9.17, 15) is 0 Å². The minimum absolute atomic E-state index is 0.0226. The van der Waals surface area contributed by atoms with E-state index < -0.39 is 5.41 Å². The van der Waals surface area contributed by atoms with E-state index in [1.165, 1.54) is 230 Å². The van der Waals surface area contributed by atoms with Gasteiger partial charge in [-0.2, -0.15) is 0 Å². The molecule has 1 spiro atoms. The summed E-state index contributed by atoms with van der Waals surface area (Å²) in [7, 11) is 0. The Balaban J connectivity index is 0.754. The maximum Gasteiger partial charge on any atom is 0.249 e. The van der Waals surface area contributed by atoms with Gasteiger partial charge >= 0.3 is 0 Å². The van der Waals surface area contributed by atoms with Gasteiger partial charge in [-0.25, -0.2) is 0 Å². The molecular weight excluding hydrogens is 1370 g/mol. The quantitative estimate of drug-likeness (QED) is 0.154. The molecule has 18 aromatic rings. The minimum Gasteiger partial charge on any atom is -0.310 e. The molecule has 2 aliphatic carbocycles. The van der Waals surface area contributed by atoms with Gasteiger partial charge in [-0.05, 0) is 228 Å². The van der Waals surface area contributed by atoms with Gasteiger partial charge in [0, 0.05) is 63.5 Å². The van der Waals surface area contributed by atoms with Crippen LogP contribution in [0.4, 0.5) is 0 Å². The summed E-state index contributed by atoms with van der Waals surface area (Å²) in [5, 5.41) is 5.09. The average Bonchev–Trinajstić information content (AvgIpc) is 1.53. The zero-order chi connectivity index (χ0) is 73.7. The van der Waals surface area contributed by atoms with Crippen molar-refractivity contribution in [2.45, 2.75) is 77.4 Å². The zero-order valence-corrected chi connectivity index (χ0v) is 64.2. The van der Waals surface area contributed by atoms with Crippen LogP contribution in [-0.2, 0) is 16.2 Å². The highest BCUT2D eigenvalue weighted by Gasteiger charge is 2.54. The minimum atomic E-state index is -0.640. The highest BCUT2D eigenvalue weighted by atomic mass is 32.2. The van der Waals surface area contributed by atoms with Crippen LogP contribution >= 0.6 is 23.5 Å². The summed E-state index contributed by atoms with van der Waals surface area (Å²) in [6, 6.07) is 127. The normalized spacial score (nSPS) is 14.0. The van der Waals surface area contributed by atoms with E-state index in [1.54, 1.807) is 0 Å². The maximum atomic E-state index is 2.70. The summed E-state index contributed by atoms with van der Waals surface area (Å²) >= 11 is 3.98. The van der Waals surface area contributed by atoms with Gasteiger partial charge in [0.25, 0.3) is 0 Å². The predicted octanol–water partition coefficient (Wildman–Crippen LogP) is 23.4. The van der Waals surface area contributed by atoms with Gasteiger partial charge in [0.15, 0.2) is 0 Å². The molecule has 6 aliphatic rings. The summed E-state index contributed by atoms with van der Waals surface area (Å²) in [6.07, 6.45) is 0. The van der Waals surface area contributed by atoms with Gasteiger partial charge < -0.3 is 9.13 Å². The first-order chi connectivity index (χ1) is 54.3. The van der Waals surface area contributed by atoms with E-state index in [2.05, 4.69) is 378 Å². The van der Waals surface area contributed by atoms with Crippen LogP contribution in [0.5, 0.6) is 0 Å². The monoisotopic (exact) mass is 1450 g/mol. The van der Waals surface area contributed by atoms with Crippen molar-refractivity contribution in [2.24, 2.45) is 0 Å². The zero-order valence-electron chi connectivity index (χ0n) is 62.5.